The number of piperazine rings is 1. The number of rotatable bonds is 5. The summed E-state index contributed by atoms with van der Waals surface area (Å²) in [6.07, 6.45) is 5.64. The molecule has 0 aromatic rings. The summed E-state index contributed by atoms with van der Waals surface area (Å²) in [5.74, 6) is -1.71. The average Bonchev–Trinajstić information content (AvgIpc) is 2.98. The van der Waals surface area contributed by atoms with Gasteiger partial charge in [0.25, 0.3) is 11.8 Å². The molecule has 0 saturated carbocycles. The molecule has 11 heteroatoms. The van der Waals surface area contributed by atoms with Crippen LogP contribution in [0.3, 0.4) is 0 Å². The molecule has 162 valence electrons. The maximum atomic E-state index is 13.7. The van der Waals surface area contributed by atoms with Gasteiger partial charge in [-0.25, -0.2) is 0 Å². The first-order valence-corrected chi connectivity index (χ1v) is 11.5. The van der Waals surface area contributed by atoms with Crippen LogP contribution in [0.2, 0.25) is 0 Å². The lowest BCUT2D eigenvalue weighted by molar-refractivity contribution is -0.207. The number of fused-ring (bicyclic) bond motifs is 3. The summed E-state index contributed by atoms with van der Waals surface area (Å²) in [6, 6.07) is -1.04. The molecule has 29 heavy (non-hydrogen) atoms. The van der Waals surface area contributed by atoms with Crippen molar-refractivity contribution in [1.82, 2.24) is 9.80 Å². The van der Waals surface area contributed by atoms with Gasteiger partial charge in [0.05, 0.1) is 11.9 Å². The van der Waals surface area contributed by atoms with E-state index in [9.17, 15) is 24.6 Å². The van der Waals surface area contributed by atoms with Crippen molar-refractivity contribution in [2.45, 2.75) is 46.9 Å². The van der Waals surface area contributed by atoms with E-state index in [0.717, 1.165) is 11.8 Å². The quantitative estimate of drug-likeness (QED) is 0.422. The fraction of sp³-hybridized carbons (Fsp3) is 0.722. The van der Waals surface area contributed by atoms with Gasteiger partial charge in [-0.3, -0.25) is 19.3 Å². The number of carbonyl (C=O) groups is 3. The van der Waals surface area contributed by atoms with E-state index in [0.29, 0.717) is 0 Å². The van der Waals surface area contributed by atoms with E-state index in [4.69, 9.17) is 9.47 Å². The van der Waals surface area contributed by atoms with Gasteiger partial charge in [-0.1, -0.05) is 6.08 Å². The number of nitrogens with zero attached hydrogens (tertiary/aromatic N) is 2. The molecule has 2 fully saturated rings. The Labute approximate surface area is 177 Å². The molecule has 6 atom stereocenters. The van der Waals surface area contributed by atoms with Crippen LogP contribution < -0.4 is 0 Å². The number of esters is 1. The molecule has 6 unspecified atom stereocenters. The number of methoxy groups -OCH3 is 1. The summed E-state index contributed by atoms with van der Waals surface area (Å²) in [7, 11) is 2.74. The van der Waals surface area contributed by atoms with Gasteiger partial charge in [-0.15, -0.1) is 11.8 Å². The van der Waals surface area contributed by atoms with Crippen molar-refractivity contribution in [3.8, 4) is 0 Å². The highest BCUT2D eigenvalue weighted by Crippen LogP contribution is 2.54. The van der Waals surface area contributed by atoms with E-state index in [-0.39, 0.29) is 6.42 Å². The van der Waals surface area contributed by atoms with Crippen molar-refractivity contribution < 1.29 is 34.1 Å². The Balaban J connectivity index is 2.24. The van der Waals surface area contributed by atoms with Crippen molar-refractivity contribution in [3.63, 3.8) is 0 Å². The largest absolute Gasteiger partial charge is 0.456 e. The Morgan fingerprint density at radius 2 is 1.97 bits per heavy atom. The van der Waals surface area contributed by atoms with E-state index >= 15 is 0 Å². The molecular formula is C18H26N2O7S2. The Morgan fingerprint density at radius 3 is 2.45 bits per heavy atom. The van der Waals surface area contributed by atoms with E-state index < -0.39 is 58.0 Å². The molecule has 2 saturated heterocycles. The fourth-order valence-electron chi connectivity index (χ4n) is 4.73. The zero-order valence-electron chi connectivity index (χ0n) is 16.9. The lowest BCUT2D eigenvalue weighted by atomic mass is 9.81. The Morgan fingerprint density at radius 1 is 1.31 bits per heavy atom. The van der Waals surface area contributed by atoms with Crippen LogP contribution in [0, 0.1) is 0 Å². The zero-order valence-corrected chi connectivity index (χ0v) is 18.6. The number of hydrogen-bond donors (Lipinski definition) is 2. The van der Waals surface area contributed by atoms with Gasteiger partial charge in [0.2, 0.25) is 5.72 Å². The summed E-state index contributed by atoms with van der Waals surface area (Å²) in [5.41, 5.74) is -3.35. The van der Waals surface area contributed by atoms with Crippen LogP contribution in [-0.4, -0.2) is 105 Å². The molecule has 0 aromatic heterocycles. The molecule has 2 heterocycles. The predicted octanol–water partition coefficient (Wildman–Crippen LogP) is -0.582. The Bertz CT molecular complexity index is 758. The molecule has 1 aliphatic carbocycles. The van der Waals surface area contributed by atoms with E-state index in [1.54, 1.807) is 18.4 Å². The standard InChI is InChI=1S/C18H26N2O7S2/c1-10(22)27-11-6-7-12(28-4)16(25)8-17(26-3)14(23)19(2)18(9-21,29-5)15(24)20(17)13(11)16/h6-7,11-13,21,25H,8-9H2,1-5H3. The molecule has 3 aliphatic rings. The first kappa shape index (κ1) is 22.4. The second-order valence-electron chi connectivity index (χ2n) is 7.40. The minimum atomic E-state index is -1.77. The number of aliphatic hydroxyl groups is 2. The van der Waals surface area contributed by atoms with Crippen molar-refractivity contribution >= 4 is 41.3 Å². The van der Waals surface area contributed by atoms with Gasteiger partial charge in [0, 0.05) is 27.5 Å². The summed E-state index contributed by atoms with van der Waals surface area (Å²) in [6.45, 7) is 0.625. The van der Waals surface area contributed by atoms with E-state index in [2.05, 4.69) is 0 Å². The SMILES string of the molecule is COC12CC3(O)C(SC)C=CC(OC(C)=O)C3N1C(=O)C(CO)(SC)N(C)C2=O. The molecule has 0 bridgehead atoms. The van der Waals surface area contributed by atoms with Crippen LogP contribution >= 0.6 is 23.5 Å². The average molecular weight is 447 g/mol. The number of thioether (sulfide) groups is 2. The highest BCUT2D eigenvalue weighted by Gasteiger charge is 2.75. The van der Waals surface area contributed by atoms with Crippen LogP contribution in [0.1, 0.15) is 13.3 Å². The minimum absolute atomic E-state index is 0.181. The second-order valence-corrected chi connectivity index (χ2v) is 9.47. The maximum absolute atomic E-state index is 13.7. The first-order chi connectivity index (χ1) is 13.6. The second kappa shape index (κ2) is 7.45. The topological polar surface area (TPSA) is 117 Å². The lowest BCUT2D eigenvalue weighted by Gasteiger charge is -2.53. The fourth-order valence-corrected chi connectivity index (χ4v) is 6.37. The van der Waals surface area contributed by atoms with E-state index in [1.807, 2.05) is 6.26 Å². The first-order valence-electron chi connectivity index (χ1n) is 9.03. The molecule has 2 N–H and O–H groups in total. The van der Waals surface area contributed by atoms with Gasteiger partial charge < -0.3 is 24.6 Å². The van der Waals surface area contributed by atoms with Crippen molar-refractivity contribution in [2.24, 2.45) is 0 Å². The lowest BCUT2D eigenvalue weighted by Crippen LogP contribution is -2.76. The van der Waals surface area contributed by atoms with E-state index in [1.165, 1.54) is 42.6 Å². The Kier molecular flexibility index (Phi) is 5.76. The molecule has 9 nitrogen and oxygen atoms in total. The van der Waals surface area contributed by atoms with Crippen LogP contribution in [0.15, 0.2) is 12.2 Å². The molecule has 0 radical (unpaired) electrons. The summed E-state index contributed by atoms with van der Waals surface area (Å²) in [5, 5.41) is 21.4. The molecular weight excluding hydrogens is 420 g/mol. The number of likely N-dealkylation sites (N-methyl/N-ethyl adjacent to an activating group) is 1. The third-order valence-corrected chi connectivity index (χ3v) is 8.49. The van der Waals surface area contributed by atoms with Gasteiger partial charge in [-0.2, -0.15) is 11.8 Å². The monoisotopic (exact) mass is 446 g/mol. The molecule has 2 aliphatic heterocycles. The van der Waals surface area contributed by atoms with Crippen LogP contribution in [-0.2, 0) is 23.9 Å². The minimum Gasteiger partial charge on any atom is -0.456 e. The Hall–Kier alpha value is -1.27. The summed E-state index contributed by atoms with van der Waals surface area (Å²) >= 11 is 2.39. The van der Waals surface area contributed by atoms with Gasteiger partial charge >= 0.3 is 5.97 Å². The number of hydrogen-bond acceptors (Lipinski definition) is 9. The van der Waals surface area contributed by atoms with Crippen LogP contribution in [0.5, 0.6) is 0 Å². The third kappa shape index (κ3) is 2.78. The number of aliphatic hydroxyl groups excluding tert-OH is 1. The molecule has 3 rings (SSSR count). The van der Waals surface area contributed by atoms with Gasteiger partial charge in [-0.05, 0) is 18.6 Å². The highest BCUT2D eigenvalue weighted by molar-refractivity contribution is 8.00. The number of ether oxygens (including phenoxy) is 2. The third-order valence-electron chi connectivity index (χ3n) is 6.16. The van der Waals surface area contributed by atoms with Crippen molar-refractivity contribution in [2.75, 3.05) is 33.3 Å². The van der Waals surface area contributed by atoms with Gasteiger partial charge in [0.1, 0.15) is 17.7 Å². The van der Waals surface area contributed by atoms with Crippen molar-refractivity contribution in [3.05, 3.63) is 12.2 Å². The smallest absolute Gasteiger partial charge is 0.303 e. The summed E-state index contributed by atoms with van der Waals surface area (Å²) in [4.78, 5) is 39.7. The highest BCUT2D eigenvalue weighted by atomic mass is 32.2. The van der Waals surface area contributed by atoms with Crippen LogP contribution in [0.4, 0.5) is 0 Å². The number of amides is 2. The molecule has 2 amide bonds. The van der Waals surface area contributed by atoms with Crippen LogP contribution in [0.25, 0.3) is 0 Å². The molecule has 0 spiro atoms. The van der Waals surface area contributed by atoms with Gasteiger partial charge in [0.15, 0.2) is 4.87 Å². The maximum Gasteiger partial charge on any atom is 0.303 e. The summed E-state index contributed by atoms with van der Waals surface area (Å²) < 4.78 is 11.0. The number of carbonyl (C=O) groups excluding carboxylic acids is 3. The normalized spacial score (nSPS) is 41.4. The van der Waals surface area contributed by atoms with Crippen molar-refractivity contribution in [1.29, 1.82) is 0 Å². The molecule has 0 aromatic carbocycles. The predicted molar refractivity (Wildman–Crippen MR) is 108 cm³/mol. The zero-order chi connectivity index (χ0) is 21.8.